The monoisotopic (exact) mass is 727 g/mol. The van der Waals surface area contributed by atoms with Crippen LogP contribution in [0, 0.1) is 0 Å². The van der Waals surface area contributed by atoms with Crippen LogP contribution in [-0.2, 0) is 32.8 Å². The summed E-state index contributed by atoms with van der Waals surface area (Å²) in [7, 11) is -2.53. The van der Waals surface area contributed by atoms with Crippen LogP contribution in [0.1, 0.15) is 47.4 Å². The third kappa shape index (κ3) is 8.28. The highest BCUT2D eigenvalue weighted by atomic mass is 32.2. The number of piperidine rings is 1. The maximum atomic E-state index is 13.6. The smallest absolute Gasteiger partial charge is 0.399 e. The van der Waals surface area contributed by atoms with Crippen molar-refractivity contribution in [2.45, 2.75) is 48.0 Å². The van der Waals surface area contributed by atoms with Gasteiger partial charge in [-0.3, -0.25) is 0 Å². The lowest BCUT2D eigenvalue weighted by Gasteiger charge is -2.39. The fourth-order valence-corrected chi connectivity index (χ4v) is 8.38. The number of oxime groups is 1. The molecule has 1 saturated heterocycles. The minimum Gasteiger partial charge on any atom is -0.399 e. The maximum absolute atomic E-state index is 13.6. The summed E-state index contributed by atoms with van der Waals surface area (Å²) in [4.78, 5) is 6.17. The highest BCUT2D eigenvalue weighted by molar-refractivity contribution is 7.89. The number of nitrogens with zero attached hydrogens (tertiary/aromatic N) is 3. The van der Waals surface area contributed by atoms with Gasteiger partial charge in [0.25, 0.3) is 0 Å². The Bertz CT molecular complexity index is 1850. The molecule has 0 bridgehead atoms. The quantitative estimate of drug-likeness (QED) is 0.0973. The van der Waals surface area contributed by atoms with Gasteiger partial charge in [0.2, 0.25) is 10.0 Å². The predicted molar refractivity (Wildman–Crippen MR) is 176 cm³/mol. The number of fused-ring (bicyclic) bond motifs is 1. The number of hydrogen-bond donors (Lipinski definition) is 1. The first kappa shape index (κ1) is 36.8. The van der Waals surface area contributed by atoms with Crippen molar-refractivity contribution in [3.63, 3.8) is 0 Å². The van der Waals surface area contributed by atoms with Crippen LogP contribution in [0.25, 0.3) is 10.1 Å². The molecular formula is C34H35F6N3O4S2. The molecule has 49 heavy (non-hydrogen) atoms. The zero-order valence-electron chi connectivity index (χ0n) is 26.6. The molecule has 0 aliphatic carbocycles. The van der Waals surface area contributed by atoms with Crippen LogP contribution in [0.3, 0.4) is 0 Å². The topological polar surface area (TPSA) is 82.4 Å². The number of benzene rings is 3. The summed E-state index contributed by atoms with van der Waals surface area (Å²) in [5, 5.41) is 18.3. The second kappa shape index (κ2) is 14.4. The molecule has 1 unspecified atom stereocenters. The predicted octanol–water partition coefficient (Wildman–Crippen LogP) is 7.72. The molecule has 0 amide bonds. The first-order valence-electron chi connectivity index (χ1n) is 15.3. The Morgan fingerprint density at radius 1 is 0.980 bits per heavy atom. The third-order valence-corrected chi connectivity index (χ3v) is 11.6. The minimum atomic E-state index is -5.22. The second-order valence-electron chi connectivity index (χ2n) is 12.0. The van der Waals surface area contributed by atoms with Crippen LogP contribution in [0.4, 0.5) is 26.3 Å². The van der Waals surface area contributed by atoms with E-state index in [1.807, 2.05) is 60.0 Å². The summed E-state index contributed by atoms with van der Waals surface area (Å²) in [6, 6.07) is 17.3. The molecule has 1 aliphatic rings. The lowest BCUT2D eigenvalue weighted by Crippen LogP contribution is -2.43. The molecule has 1 atom stereocenters. The fourth-order valence-electron chi connectivity index (χ4n) is 6.15. The van der Waals surface area contributed by atoms with Gasteiger partial charge in [-0.15, -0.1) is 11.3 Å². The lowest BCUT2D eigenvalue weighted by molar-refractivity contribution is -0.143. The number of halogens is 6. The van der Waals surface area contributed by atoms with E-state index in [2.05, 4.69) is 10.1 Å². The average Bonchev–Trinajstić information content (AvgIpc) is 3.49. The van der Waals surface area contributed by atoms with Crippen LogP contribution in [0.2, 0.25) is 0 Å². The van der Waals surface area contributed by atoms with Crippen LogP contribution < -0.4 is 0 Å². The summed E-state index contributed by atoms with van der Waals surface area (Å²) in [5.41, 5.74) is -2.53. The first-order chi connectivity index (χ1) is 23.0. The molecule has 1 aliphatic heterocycles. The van der Waals surface area contributed by atoms with Gasteiger partial charge < -0.3 is 14.8 Å². The van der Waals surface area contributed by atoms with E-state index < -0.39 is 56.5 Å². The Balaban J connectivity index is 1.43. The van der Waals surface area contributed by atoms with Crippen molar-refractivity contribution in [3.05, 3.63) is 100 Å². The molecule has 0 radical (unpaired) electrons. The Morgan fingerprint density at radius 2 is 1.57 bits per heavy atom. The molecular weight excluding hydrogens is 693 g/mol. The third-order valence-electron chi connectivity index (χ3n) is 8.88. The summed E-state index contributed by atoms with van der Waals surface area (Å²) in [6.07, 6.45) is -9.01. The van der Waals surface area contributed by atoms with Crippen LogP contribution in [0.15, 0.2) is 88.2 Å². The SMILES string of the molecule is CO/N=C(\CN(C)S(=O)(=O)c1cc(C(F)(F)F)cc(C(F)(F)F)c1)C(CCN1CCC(O)(c2ccccc2)CC1)c1csc2ccccc12. The van der Waals surface area contributed by atoms with E-state index in [1.54, 1.807) is 0 Å². The molecule has 1 N–H and O–H groups in total. The highest BCUT2D eigenvalue weighted by Gasteiger charge is 2.40. The van der Waals surface area contributed by atoms with E-state index in [0.717, 1.165) is 28.3 Å². The van der Waals surface area contributed by atoms with Gasteiger partial charge in [-0.2, -0.15) is 30.6 Å². The lowest BCUT2D eigenvalue weighted by atomic mass is 9.84. The number of sulfonamides is 1. The number of thiophene rings is 1. The van der Waals surface area contributed by atoms with E-state index in [-0.39, 0.29) is 23.9 Å². The number of rotatable bonds is 11. The molecule has 7 nitrogen and oxygen atoms in total. The van der Waals surface area contributed by atoms with E-state index >= 15 is 0 Å². The van der Waals surface area contributed by atoms with E-state index in [0.29, 0.717) is 43.2 Å². The van der Waals surface area contributed by atoms with Crippen molar-refractivity contribution in [1.29, 1.82) is 0 Å². The molecule has 2 heterocycles. The summed E-state index contributed by atoms with van der Waals surface area (Å²) in [6.45, 7) is 1.23. The summed E-state index contributed by atoms with van der Waals surface area (Å²) < 4.78 is 110. The number of alkyl halides is 6. The normalized spacial score (nSPS) is 17.1. The Kier molecular flexibility index (Phi) is 10.8. The molecule has 3 aromatic carbocycles. The summed E-state index contributed by atoms with van der Waals surface area (Å²) in [5.74, 6) is -0.532. The van der Waals surface area contributed by atoms with Crippen LogP contribution in [0.5, 0.6) is 0 Å². The molecule has 5 rings (SSSR count). The van der Waals surface area contributed by atoms with Gasteiger partial charge in [-0.25, -0.2) is 8.42 Å². The molecule has 264 valence electrons. The minimum absolute atomic E-state index is 0.115. The van der Waals surface area contributed by atoms with Gasteiger partial charge in [0.05, 0.1) is 33.9 Å². The maximum Gasteiger partial charge on any atom is 0.416 e. The van der Waals surface area contributed by atoms with E-state index in [9.17, 15) is 39.9 Å². The van der Waals surface area contributed by atoms with Gasteiger partial charge in [0.15, 0.2) is 0 Å². The molecule has 4 aromatic rings. The molecule has 0 spiro atoms. The van der Waals surface area contributed by atoms with E-state index in [1.165, 1.54) is 18.4 Å². The molecule has 1 fully saturated rings. The first-order valence-corrected chi connectivity index (χ1v) is 17.7. The number of hydrogen-bond acceptors (Lipinski definition) is 7. The van der Waals surface area contributed by atoms with Crippen molar-refractivity contribution < 1.29 is 44.7 Å². The zero-order chi connectivity index (χ0) is 35.6. The molecule has 15 heteroatoms. The number of aliphatic hydroxyl groups is 1. The summed E-state index contributed by atoms with van der Waals surface area (Å²) >= 11 is 1.48. The van der Waals surface area contributed by atoms with E-state index in [4.69, 9.17) is 4.84 Å². The molecule has 1 aromatic heterocycles. The van der Waals surface area contributed by atoms with Crippen LogP contribution in [-0.4, -0.2) is 68.8 Å². The largest absolute Gasteiger partial charge is 0.416 e. The van der Waals surface area contributed by atoms with Crippen molar-refractivity contribution >= 4 is 37.2 Å². The van der Waals surface area contributed by atoms with Crippen molar-refractivity contribution in [1.82, 2.24) is 9.21 Å². The van der Waals surface area contributed by atoms with Gasteiger partial charge in [0, 0.05) is 30.8 Å². The molecule has 0 saturated carbocycles. The standard InChI is InChI=1S/C34H35F6N3O4S2/c1-42(49(45,46)26-19-24(33(35,36)37)18-25(20-26)34(38,39)40)21-30(41-47-2)27(29-22-48-31-11-7-6-10-28(29)31)12-15-43-16-13-32(44,14-17-43)23-8-4-3-5-9-23/h3-11,18-20,22,27,44H,12-17,21H2,1-2H3/b41-30+. The van der Waals surface area contributed by atoms with Crippen molar-refractivity contribution in [3.8, 4) is 0 Å². The van der Waals surface area contributed by atoms with Gasteiger partial charge in [-0.1, -0.05) is 53.7 Å². The number of likely N-dealkylation sites (tertiary alicyclic amines) is 1. The highest BCUT2D eigenvalue weighted by Crippen LogP contribution is 2.39. The second-order valence-corrected chi connectivity index (χ2v) is 15.0. The van der Waals surface area contributed by atoms with Crippen LogP contribution >= 0.6 is 11.3 Å². The van der Waals surface area contributed by atoms with Gasteiger partial charge >= 0.3 is 12.4 Å². The Hall–Kier alpha value is -3.50. The fraction of sp³-hybridized carbons (Fsp3) is 0.382. The van der Waals surface area contributed by atoms with Crippen molar-refractivity contribution in [2.24, 2.45) is 5.16 Å². The van der Waals surface area contributed by atoms with Crippen molar-refractivity contribution in [2.75, 3.05) is 40.3 Å². The zero-order valence-corrected chi connectivity index (χ0v) is 28.3. The van der Waals surface area contributed by atoms with Gasteiger partial charge in [-0.05, 0) is 72.0 Å². The van der Waals surface area contributed by atoms with Gasteiger partial charge in [0.1, 0.15) is 7.11 Å². The Morgan fingerprint density at radius 3 is 2.16 bits per heavy atom. The Labute approximate surface area is 284 Å². The average molecular weight is 728 g/mol.